The Morgan fingerprint density at radius 1 is 1.50 bits per heavy atom. The van der Waals surface area contributed by atoms with E-state index in [1.807, 2.05) is 0 Å². The van der Waals surface area contributed by atoms with Crippen molar-refractivity contribution in [1.82, 2.24) is 14.8 Å². The van der Waals surface area contributed by atoms with Crippen molar-refractivity contribution in [3.8, 4) is 11.6 Å². The molecule has 0 spiro atoms. The molecule has 0 aliphatic rings. The third-order valence-electron chi connectivity index (χ3n) is 2.18. The van der Waals surface area contributed by atoms with Crippen LogP contribution in [0.4, 0.5) is 0 Å². The number of carbonyl (C=O) groups is 1. The van der Waals surface area contributed by atoms with E-state index in [-0.39, 0.29) is 5.78 Å². The van der Waals surface area contributed by atoms with Gasteiger partial charge in [0, 0.05) is 11.8 Å². The van der Waals surface area contributed by atoms with Crippen LogP contribution in [0.25, 0.3) is 5.82 Å². The quantitative estimate of drug-likeness (QED) is 0.731. The van der Waals surface area contributed by atoms with Crippen LogP contribution in [0, 0.1) is 0 Å². The van der Waals surface area contributed by atoms with Gasteiger partial charge in [0.25, 0.3) is 0 Å². The van der Waals surface area contributed by atoms with Crippen molar-refractivity contribution in [2.45, 2.75) is 6.92 Å². The number of hydrogen-bond donors (Lipinski definition) is 0. The van der Waals surface area contributed by atoms with Crippen LogP contribution >= 0.6 is 0 Å². The average Bonchev–Trinajstić information content (AvgIpc) is 2.77. The van der Waals surface area contributed by atoms with Gasteiger partial charge in [0.1, 0.15) is 0 Å². The summed E-state index contributed by atoms with van der Waals surface area (Å²) in [4.78, 5) is 15.3. The molecule has 0 amide bonds. The zero-order chi connectivity index (χ0) is 11.5. The first-order valence-corrected chi connectivity index (χ1v) is 4.77. The lowest BCUT2D eigenvalue weighted by Gasteiger charge is -2.01. The summed E-state index contributed by atoms with van der Waals surface area (Å²) in [5, 5.41) is 4.08. The molecule has 2 aromatic rings. The molecule has 0 aliphatic carbocycles. The van der Waals surface area contributed by atoms with E-state index in [4.69, 9.17) is 4.74 Å². The highest BCUT2D eigenvalue weighted by atomic mass is 16.5. The molecule has 0 aromatic carbocycles. The van der Waals surface area contributed by atoms with Crippen molar-refractivity contribution in [1.29, 1.82) is 0 Å². The van der Waals surface area contributed by atoms with Crippen molar-refractivity contribution in [3.05, 3.63) is 36.3 Å². The maximum Gasteiger partial charge on any atom is 0.159 e. The van der Waals surface area contributed by atoms with E-state index in [1.54, 1.807) is 42.5 Å². The number of aromatic nitrogens is 3. The molecule has 0 N–H and O–H groups in total. The van der Waals surface area contributed by atoms with Crippen LogP contribution in [-0.2, 0) is 0 Å². The largest absolute Gasteiger partial charge is 0.493 e. The highest BCUT2D eigenvalue weighted by Gasteiger charge is 2.05. The summed E-state index contributed by atoms with van der Waals surface area (Å²) < 4.78 is 6.58. The lowest BCUT2D eigenvalue weighted by molar-refractivity contribution is 0.101. The number of Topliss-reactive ketones (excluding diaryl/α,β-unsaturated/α-hetero) is 1. The highest BCUT2D eigenvalue weighted by molar-refractivity contribution is 5.94. The molecule has 0 aliphatic heterocycles. The Morgan fingerprint density at radius 2 is 2.31 bits per heavy atom. The normalized spacial score (nSPS) is 10.1. The number of pyridine rings is 1. The van der Waals surface area contributed by atoms with Gasteiger partial charge in [-0.1, -0.05) is 0 Å². The fourth-order valence-corrected chi connectivity index (χ4v) is 1.30. The zero-order valence-corrected chi connectivity index (χ0v) is 9.04. The summed E-state index contributed by atoms with van der Waals surface area (Å²) in [6.45, 7) is 1.52. The lowest BCUT2D eigenvalue weighted by Crippen LogP contribution is -2.00. The first-order valence-electron chi connectivity index (χ1n) is 4.77. The predicted octanol–water partition coefficient (Wildman–Crippen LogP) is 1.48. The molecule has 5 nitrogen and oxygen atoms in total. The minimum Gasteiger partial charge on any atom is -0.493 e. The van der Waals surface area contributed by atoms with E-state index in [0.29, 0.717) is 17.1 Å². The van der Waals surface area contributed by atoms with Gasteiger partial charge in [-0.15, -0.1) is 0 Å². The molecular formula is C11H11N3O2. The van der Waals surface area contributed by atoms with E-state index in [2.05, 4.69) is 10.1 Å². The number of rotatable bonds is 3. The number of methoxy groups -OCH3 is 1. The molecule has 0 radical (unpaired) electrons. The summed E-state index contributed by atoms with van der Waals surface area (Å²) in [6, 6.07) is 3.36. The summed E-state index contributed by atoms with van der Waals surface area (Å²) in [6.07, 6.45) is 4.87. The molecule has 2 rings (SSSR count). The molecular weight excluding hydrogens is 206 g/mol. The second-order valence-corrected chi connectivity index (χ2v) is 3.28. The molecule has 0 bridgehead atoms. The average molecular weight is 217 g/mol. The van der Waals surface area contributed by atoms with Gasteiger partial charge in [-0.2, -0.15) is 5.10 Å². The van der Waals surface area contributed by atoms with Gasteiger partial charge in [-0.25, -0.2) is 9.67 Å². The second-order valence-electron chi connectivity index (χ2n) is 3.28. The van der Waals surface area contributed by atoms with E-state index in [0.717, 1.165) is 0 Å². The Hall–Kier alpha value is -2.17. The maximum absolute atomic E-state index is 11.2. The standard InChI is InChI=1S/C11H11N3O2/c1-8(15)9-3-4-12-11(5-9)14-7-10(16-2)6-13-14/h3-7H,1-2H3. The Bertz CT molecular complexity index is 519. The Kier molecular flexibility index (Phi) is 2.68. The molecule has 0 unspecified atom stereocenters. The molecule has 16 heavy (non-hydrogen) atoms. The number of carbonyl (C=O) groups excluding carboxylic acids is 1. The van der Waals surface area contributed by atoms with Crippen LogP contribution in [0.3, 0.4) is 0 Å². The first kappa shape index (κ1) is 10.4. The van der Waals surface area contributed by atoms with E-state index < -0.39 is 0 Å². The smallest absolute Gasteiger partial charge is 0.159 e. The SMILES string of the molecule is COc1cnn(-c2cc(C(C)=O)ccn2)c1. The monoisotopic (exact) mass is 217 g/mol. The number of hydrogen-bond acceptors (Lipinski definition) is 4. The molecule has 0 saturated heterocycles. The maximum atomic E-state index is 11.2. The van der Waals surface area contributed by atoms with Crippen LogP contribution in [0.15, 0.2) is 30.7 Å². The van der Waals surface area contributed by atoms with E-state index in [1.165, 1.54) is 6.92 Å². The van der Waals surface area contributed by atoms with Crippen molar-refractivity contribution >= 4 is 5.78 Å². The molecule has 0 atom stereocenters. The van der Waals surface area contributed by atoms with Crippen molar-refractivity contribution in [3.63, 3.8) is 0 Å². The van der Waals surface area contributed by atoms with Gasteiger partial charge >= 0.3 is 0 Å². The van der Waals surface area contributed by atoms with Gasteiger partial charge in [0.2, 0.25) is 0 Å². The molecule has 2 heterocycles. The third kappa shape index (κ3) is 1.93. The fourth-order valence-electron chi connectivity index (χ4n) is 1.30. The summed E-state index contributed by atoms with van der Waals surface area (Å²) in [7, 11) is 1.57. The Labute approximate surface area is 92.7 Å². The van der Waals surface area contributed by atoms with Crippen LogP contribution in [0.1, 0.15) is 17.3 Å². The Balaban J connectivity index is 2.40. The molecule has 82 valence electrons. The molecule has 0 fully saturated rings. The van der Waals surface area contributed by atoms with Gasteiger partial charge < -0.3 is 4.74 Å². The number of nitrogens with zero attached hydrogens (tertiary/aromatic N) is 3. The number of ketones is 1. The predicted molar refractivity (Wildman–Crippen MR) is 57.9 cm³/mol. The summed E-state index contributed by atoms with van der Waals surface area (Å²) in [5.74, 6) is 1.24. The lowest BCUT2D eigenvalue weighted by atomic mass is 10.2. The van der Waals surface area contributed by atoms with E-state index in [9.17, 15) is 4.79 Å². The van der Waals surface area contributed by atoms with Crippen LogP contribution in [0.5, 0.6) is 5.75 Å². The van der Waals surface area contributed by atoms with Crippen LogP contribution in [-0.4, -0.2) is 27.7 Å². The van der Waals surface area contributed by atoms with Gasteiger partial charge in [0.05, 0.1) is 19.5 Å². The Morgan fingerprint density at radius 3 is 2.94 bits per heavy atom. The van der Waals surface area contributed by atoms with Crippen LogP contribution in [0.2, 0.25) is 0 Å². The molecule has 5 heteroatoms. The van der Waals surface area contributed by atoms with Gasteiger partial charge in [-0.05, 0) is 19.1 Å². The van der Waals surface area contributed by atoms with Crippen molar-refractivity contribution < 1.29 is 9.53 Å². The molecule has 2 aromatic heterocycles. The minimum absolute atomic E-state index is 0.00257. The van der Waals surface area contributed by atoms with Crippen molar-refractivity contribution in [2.24, 2.45) is 0 Å². The van der Waals surface area contributed by atoms with Gasteiger partial charge in [0.15, 0.2) is 17.4 Å². The van der Waals surface area contributed by atoms with E-state index >= 15 is 0 Å². The zero-order valence-electron chi connectivity index (χ0n) is 9.04. The third-order valence-corrected chi connectivity index (χ3v) is 2.18. The molecule has 0 saturated carbocycles. The van der Waals surface area contributed by atoms with Crippen molar-refractivity contribution in [2.75, 3.05) is 7.11 Å². The van der Waals surface area contributed by atoms with Gasteiger partial charge in [-0.3, -0.25) is 4.79 Å². The number of ether oxygens (including phenoxy) is 1. The first-order chi connectivity index (χ1) is 7.70. The summed E-state index contributed by atoms with van der Waals surface area (Å²) >= 11 is 0. The topological polar surface area (TPSA) is 57.0 Å². The fraction of sp³-hybridized carbons (Fsp3) is 0.182. The highest BCUT2D eigenvalue weighted by Crippen LogP contribution is 2.12. The minimum atomic E-state index is 0.00257. The van der Waals surface area contributed by atoms with Crippen LogP contribution < -0.4 is 4.74 Å². The summed E-state index contributed by atoms with van der Waals surface area (Å²) in [5.41, 5.74) is 0.611. The second kappa shape index (κ2) is 4.14.